The Bertz CT molecular complexity index is 475. The average Bonchev–Trinajstić information content (AvgIpc) is 2.96. The molecule has 5 nitrogen and oxygen atoms in total. The summed E-state index contributed by atoms with van der Waals surface area (Å²) in [7, 11) is 0. The number of fused-ring (bicyclic) bond motifs is 1. The van der Waals surface area contributed by atoms with Crippen LogP contribution < -0.4 is 0 Å². The van der Waals surface area contributed by atoms with Gasteiger partial charge in [-0.15, -0.1) is 0 Å². The monoisotopic (exact) mass is 276 g/mol. The molecule has 2 aliphatic heterocycles. The molecule has 3 rings (SSSR count). The van der Waals surface area contributed by atoms with Crippen LogP contribution in [-0.4, -0.2) is 56.2 Å². The van der Waals surface area contributed by atoms with Gasteiger partial charge >= 0.3 is 6.18 Å². The molecule has 106 valence electrons. The SMILES string of the molecule is OC1(C(F)(F)F)CCN(CC2CCc3ncnn32)C1. The van der Waals surface area contributed by atoms with Gasteiger partial charge in [-0.2, -0.15) is 18.3 Å². The van der Waals surface area contributed by atoms with Crippen molar-refractivity contribution in [2.24, 2.45) is 0 Å². The molecule has 0 saturated carbocycles. The van der Waals surface area contributed by atoms with E-state index in [1.807, 2.05) is 0 Å². The largest absolute Gasteiger partial charge is 0.418 e. The first-order valence-electron chi connectivity index (χ1n) is 6.29. The fourth-order valence-corrected chi connectivity index (χ4v) is 2.90. The number of β-amino-alcohol motifs (C(OH)–C–C–N with tert-alkyl or cyclic N) is 1. The lowest BCUT2D eigenvalue weighted by atomic mass is 10.0. The van der Waals surface area contributed by atoms with Gasteiger partial charge in [-0.05, 0) is 12.8 Å². The minimum absolute atomic E-state index is 0.0630. The molecule has 1 N–H and O–H groups in total. The van der Waals surface area contributed by atoms with E-state index in [4.69, 9.17) is 0 Å². The number of hydrogen-bond donors (Lipinski definition) is 1. The summed E-state index contributed by atoms with van der Waals surface area (Å²) in [5, 5.41) is 13.7. The highest BCUT2D eigenvalue weighted by molar-refractivity contribution is 5.00. The van der Waals surface area contributed by atoms with Crippen molar-refractivity contribution in [3.8, 4) is 0 Å². The van der Waals surface area contributed by atoms with Gasteiger partial charge < -0.3 is 5.11 Å². The highest BCUT2D eigenvalue weighted by Gasteiger charge is 2.57. The fourth-order valence-electron chi connectivity index (χ4n) is 2.90. The maximum absolute atomic E-state index is 12.7. The van der Waals surface area contributed by atoms with Crippen molar-refractivity contribution >= 4 is 0 Å². The summed E-state index contributed by atoms with van der Waals surface area (Å²) in [5.41, 5.74) is -2.56. The molecule has 0 aliphatic carbocycles. The molecule has 19 heavy (non-hydrogen) atoms. The van der Waals surface area contributed by atoms with E-state index in [-0.39, 0.29) is 25.6 Å². The second-order valence-electron chi connectivity index (χ2n) is 5.33. The first kappa shape index (κ1) is 12.9. The van der Waals surface area contributed by atoms with Crippen molar-refractivity contribution in [3.63, 3.8) is 0 Å². The molecule has 0 aromatic carbocycles. The zero-order valence-corrected chi connectivity index (χ0v) is 10.3. The number of halogens is 3. The molecule has 8 heteroatoms. The topological polar surface area (TPSA) is 54.2 Å². The van der Waals surface area contributed by atoms with Gasteiger partial charge in [0, 0.05) is 26.1 Å². The predicted octanol–water partition coefficient (Wildman–Crippen LogP) is 0.764. The first-order valence-corrected chi connectivity index (χ1v) is 6.29. The molecule has 0 amide bonds. The van der Waals surface area contributed by atoms with E-state index in [1.165, 1.54) is 6.33 Å². The van der Waals surface area contributed by atoms with Gasteiger partial charge in [0.05, 0.1) is 6.04 Å². The summed E-state index contributed by atoms with van der Waals surface area (Å²) in [6, 6.07) is 0.0630. The normalized spacial score (nSPS) is 31.9. The van der Waals surface area contributed by atoms with Crippen molar-refractivity contribution < 1.29 is 18.3 Å². The lowest BCUT2D eigenvalue weighted by molar-refractivity contribution is -0.254. The van der Waals surface area contributed by atoms with Crippen LogP contribution in [0.25, 0.3) is 0 Å². The van der Waals surface area contributed by atoms with Gasteiger partial charge in [0.15, 0.2) is 5.60 Å². The fraction of sp³-hybridized carbons (Fsp3) is 0.818. The number of aliphatic hydroxyl groups is 1. The molecular formula is C11H15F3N4O. The first-order chi connectivity index (χ1) is 8.89. The summed E-state index contributed by atoms with van der Waals surface area (Å²) >= 11 is 0. The van der Waals surface area contributed by atoms with Gasteiger partial charge in [0.1, 0.15) is 12.2 Å². The summed E-state index contributed by atoms with van der Waals surface area (Å²) in [4.78, 5) is 5.76. The van der Waals surface area contributed by atoms with E-state index in [2.05, 4.69) is 10.1 Å². The Kier molecular flexibility index (Phi) is 2.82. The molecule has 2 aliphatic rings. The number of aryl methyl sites for hydroxylation is 1. The lowest BCUT2D eigenvalue weighted by Gasteiger charge is -2.27. The zero-order chi connectivity index (χ0) is 13.7. The van der Waals surface area contributed by atoms with Crippen LogP contribution in [0.5, 0.6) is 0 Å². The van der Waals surface area contributed by atoms with Crippen LogP contribution in [0.3, 0.4) is 0 Å². The highest BCUT2D eigenvalue weighted by atomic mass is 19.4. The van der Waals surface area contributed by atoms with E-state index in [9.17, 15) is 18.3 Å². The standard InChI is InChI=1S/C11H15F3N4O/c12-11(13,14)10(19)3-4-17(6-10)5-8-1-2-9-15-7-16-18(8)9/h7-8,19H,1-6H2. The Balaban J connectivity index is 1.65. The van der Waals surface area contributed by atoms with Crippen LogP contribution in [-0.2, 0) is 6.42 Å². The Labute approximate surface area is 108 Å². The molecule has 2 atom stereocenters. The molecule has 1 fully saturated rings. The predicted molar refractivity (Wildman–Crippen MR) is 59.4 cm³/mol. The maximum Gasteiger partial charge on any atom is 0.418 e. The Morgan fingerprint density at radius 2 is 2.26 bits per heavy atom. The van der Waals surface area contributed by atoms with Crippen LogP contribution in [0.4, 0.5) is 13.2 Å². The van der Waals surface area contributed by atoms with Crippen LogP contribution in [0.2, 0.25) is 0 Å². The van der Waals surface area contributed by atoms with Crippen LogP contribution >= 0.6 is 0 Å². The molecule has 2 unspecified atom stereocenters. The average molecular weight is 276 g/mol. The van der Waals surface area contributed by atoms with Gasteiger partial charge in [0.25, 0.3) is 0 Å². The van der Waals surface area contributed by atoms with Crippen LogP contribution in [0.1, 0.15) is 24.7 Å². The summed E-state index contributed by atoms with van der Waals surface area (Å²) in [5.74, 6) is 0.885. The van der Waals surface area contributed by atoms with Gasteiger partial charge in [0.2, 0.25) is 0 Å². The minimum Gasteiger partial charge on any atom is -0.379 e. The molecule has 0 spiro atoms. The zero-order valence-electron chi connectivity index (χ0n) is 10.3. The van der Waals surface area contributed by atoms with Crippen molar-refractivity contribution in [2.45, 2.75) is 37.1 Å². The number of aromatic nitrogens is 3. The second-order valence-corrected chi connectivity index (χ2v) is 5.33. The van der Waals surface area contributed by atoms with Crippen molar-refractivity contribution in [1.82, 2.24) is 19.7 Å². The molecule has 0 bridgehead atoms. The van der Waals surface area contributed by atoms with Crippen molar-refractivity contribution in [1.29, 1.82) is 0 Å². The third-order valence-corrected chi connectivity index (χ3v) is 4.02. The third kappa shape index (κ3) is 2.12. The molecule has 1 aromatic rings. The van der Waals surface area contributed by atoms with Crippen molar-refractivity contribution in [2.75, 3.05) is 19.6 Å². The van der Waals surface area contributed by atoms with Gasteiger partial charge in [-0.1, -0.05) is 0 Å². The maximum atomic E-state index is 12.7. The molecule has 3 heterocycles. The quantitative estimate of drug-likeness (QED) is 0.866. The van der Waals surface area contributed by atoms with Crippen LogP contribution in [0, 0.1) is 0 Å². The molecule has 1 aromatic heterocycles. The van der Waals surface area contributed by atoms with Gasteiger partial charge in [-0.3, -0.25) is 4.90 Å². The number of alkyl halides is 3. The number of likely N-dealkylation sites (tertiary alicyclic amines) is 1. The van der Waals surface area contributed by atoms with E-state index >= 15 is 0 Å². The second kappa shape index (κ2) is 4.17. The van der Waals surface area contributed by atoms with Gasteiger partial charge in [-0.25, -0.2) is 9.67 Å². The van der Waals surface area contributed by atoms with E-state index in [1.54, 1.807) is 9.58 Å². The van der Waals surface area contributed by atoms with Crippen molar-refractivity contribution in [3.05, 3.63) is 12.2 Å². The molecular weight excluding hydrogens is 261 g/mol. The Morgan fingerprint density at radius 3 is 2.95 bits per heavy atom. The summed E-state index contributed by atoms with van der Waals surface area (Å²) < 4.78 is 39.9. The number of hydrogen-bond acceptors (Lipinski definition) is 4. The third-order valence-electron chi connectivity index (χ3n) is 4.02. The summed E-state index contributed by atoms with van der Waals surface area (Å²) in [6.45, 7) is 0.391. The van der Waals surface area contributed by atoms with Crippen LogP contribution in [0.15, 0.2) is 6.33 Å². The smallest absolute Gasteiger partial charge is 0.379 e. The Hall–Kier alpha value is -1.15. The van der Waals surface area contributed by atoms with E-state index in [0.717, 1.165) is 18.7 Å². The summed E-state index contributed by atoms with van der Waals surface area (Å²) in [6.07, 6.45) is -1.69. The molecule has 1 saturated heterocycles. The minimum atomic E-state index is -4.56. The van der Waals surface area contributed by atoms with E-state index in [0.29, 0.717) is 6.54 Å². The van der Waals surface area contributed by atoms with E-state index < -0.39 is 11.8 Å². The number of rotatable bonds is 2. The lowest BCUT2D eigenvalue weighted by Crippen LogP contribution is -2.47. The highest BCUT2D eigenvalue weighted by Crippen LogP contribution is 2.38. The Morgan fingerprint density at radius 1 is 1.47 bits per heavy atom. The molecule has 0 radical (unpaired) electrons. The number of nitrogens with zero attached hydrogens (tertiary/aromatic N) is 4.